The molecule has 270 valence electrons. The number of aromatic nitrogens is 3. The van der Waals surface area contributed by atoms with E-state index < -0.39 is 53.1 Å². The number of amides is 2. The van der Waals surface area contributed by atoms with Gasteiger partial charge in [0.25, 0.3) is 23.5 Å². The molecule has 17 heteroatoms. The molecule has 0 saturated carbocycles. The molecule has 1 aromatic heterocycles. The van der Waals surface area contributed by atoms with Crippen LogP contribution in [0.1, 0.15) is 75.3 Å². The third-order valence-electron chi connectivity index (χ3n) is 7.49. The molecule has 5 rings (SSSR count). The molecule has 0 radical (unpaired) electrons. The average Bonchev–Trinajstić information content (AvgIpc) is 3.61. The number of anilines is 1. The maximum Gasteiger partial charge on any atom is 0.335 e. The summed E-state index contributed by atoms with van der Waals surface area (Å²) in [5.74, 6) is -4.41. The van der Waals surface area contributed by atoms with Gasteiger partial charge in [-0.3, -0.25) is 19.2 Å². The highest BCUT2D eigenvalue weighted by atomic mass is 35.5. The number of ether oxygens (including phenoxy) is 2. The predicted octanol–water partition coefficient (Wildman–Crippen LogP) is 3.33. The Hall–Kier alpha value is -5.97. The number of ketones is 2. The van der Waals surface area contributed by atoms with Crippen molar-refractivity contribution in [3.63, 3.8) is 0 Å². The molecule has 3 aromatic carbocycles. The van der Waals surface area contributed by atoms with Crippen LogP contribution in [0.2, 0.25) is 5.02 Å². The Morgan fingerprint density at radius 2 is 1.71 bits per heavy atom. The third kappa shape index (κ3) is 8.66. The molecule has 2 amide bonds. The fourth-order valence-electron chi connectivity index (χ4n) is 4.81. The van der Waals surface area contributed by atoms with Crippen molar-refractivity contribution >= 4 is 52.5 Å². The lowest BCUT2D eigenvalue weighted by molar-refractivity contribution is -0.140. The summed E-state index contributed by atoms with van der Waals surface area (Å²) in [7, 11) is 0. The van der Waals surface area contributed by atoms with E-state index >= 15 is 0 Å². The first-order valence-corrected chi connectivity index (χ1v) is 16.1. The first-order chi connectivity index (χ1) is 24.5. The summed E-state index contributed by atoms with van der Waals surface area (Å²) in [6.45, 7) is 6.85. The Morgan fingerprint density at radius 3 is 2.38 bits per heavy atom. The van der Waals surface area contributed by atoms with Gasteiger partial charge < -0.3 is 35.4 Å². The number of rotatable bonds is 12. The summed E-state index contributed by atoms with van der Waals surface area (Å²) in [5.41, 5.74) is -0.0879. The number of aliphatic hydroxyl groups is 2. The van der Waals surface area contributed by atoms with E-state index in [4.69, 9.17) is 21.1 Å². The van der Waals surface area contributed by atoms with E-state index in [9.17, 15) is 39.3 Å². The van der Waals surface area contributed by atoms with Crippen LogP contribution >= 0.6 is 11.6 Å². The number of benzene rings is 3. The molecule has 1 aliphatic heterocycles. The van der Waals surface area contributed by atoms with E-state index in [1.165, 1.54) is 24.3 Å². The van der Waals surface area contributed by atoms with Gasteiger partial charge in [-0.05, 0) is 61.0 Å². The van der Waals surface area contributed by atoms with Gasteiger partial charge in [-0.15, -0.1) is 15.0 Å². The van der Waals surface area contributed by atoms with Crippen LogP contribution < -0.4 is 20.1 Å². The number of aliphatic hydroxyl groups excluding tert-OH is 1. The summed E-state index contributed by atoms with van der Waals surface area (Å²) >= 11 is 6.25. The molecule has 0 fully saturated rings. The Balaban J connectivity index is 1.21. The zero-order valence-electron chi connectivity index (χ0n) is 28.2. The number of halogens is 1. The maximum atomic E-state index is 13.3. The second-order valence-electron chi connectivity index (χ2n) is 12.7. The van der Waals surface area contributed by atoms with Crippen LogP contribution in [0.5, 0.6) is 11.5 Å². The van der Waals surface area contributed by atoms with Gasteiger partial charge in [-0.1, -0.05) is 44.5 Å². The van der Waals surface area contributed by atoms with Crippen LogP contribution in [0.4, 0.5) is 5.69 Å². The number of hydrogen-bond donors (Lipinski definition) is 5. The minimum atomic E-state index is -1.99. The van der Waals surface area contributed by atoms with Gasteiger partial charge in [0.15, 0.2) is 17.9 Å². The Bertz CT molecular complexity index is 2120. The van der Waals surface area contributed by atoms with Crippen LogP contribution in [0, 0.1) is 12.3 Å². The number of carboxylic acid groups (broad SMARTS) is 1. The van der Waals surface area contributed by atoms with Crippen LogP contribution in [0.15, 0.2) is 65.8 Å². The third-order valence-corrected chi connectivity index (χ3v) is 7.82. The Labute approximate surface area is 301 Å². The normalized spacial score (nSPS) is 12.9. The number of nitrogens with one attached hydrogen (secondary N) is 2. The first kappa shape index (κ1) is 37.3. The number of fused-ring (bicyclic) bond motifs is 1. The minimum Gasteiger partial charge on any atom is -0.478 e. The van der Waals surface area contributed by atoms with E-state index in [1.807, 2.05) is 6.92 Å². The lowest BCUT2D eigenvalue weighted by atomic mass is 9.87. The average molecular weight is 733 g/mol. The first-order valence-electron chi connectivity index (χ1n) is 15.7. The van der Waals surface area contributed by atoms with Gasteiger partial charge in [0.1, 0.15) is 11.5 Å². The van der Waals surface area contributed by atoms with Gasteiger partial charge in [-0.25, -0.2) is 9.78 Å². The molecule has 0 spiro atoms. The topological polar surface area (TPSA) is 232 Å². The fraction of sp³-hybridized carbons (Fsp3) is 0.257. The smallest absolute Gasteiger partial charge is 0.335 e. The van der Waals surface area contributed by atoms with Crippen LogP contribution in [0.25, 0.3) is 0 Å². The van der Waals surface area contributed by atoms with E-state index in [2.05, 4.69) is 25.8 Å². The summed E-state index contributed by atoms with van der Waals surface area (Å²) in [6.07, 6.45) is -3.44. The number of carbonyl (C=O) groups excluding carboxylic acids is 4. The van der Waals surface area contributed by atoms with Gasteiger partial charge in [0.05, 0.1) is 16.3 Å². The van der Waals surface area contributed by atoms with Crippen LogP contribution in [0.3, 0.4) is 0 Å². The van der Waals surface area contributed by atoms with Gasteiger partial charge in [-0.2, -0.15) is 0 Å². The van der Waals surface area contributed by atoms with Crippen molar-refractivity contribution in [3.8, 4) is 11.5 Å². The monoisotopic (exact) mass is 732 g/mol. The van der Waals surface area contributed by atoms with Crippen LogP contribution in [-0.4, -0.2) is 78.1 Å². The maximum absolute atomic E-state index is 13.3. The lowest BCUT2D eigenvalue weighted by Gasteiger charge is -2.25. The molecule has 0 saturated heterocycles. The number of Topliss-reactive ketones (excluding diaryl/α,β-unsaturated/α-hetero) is 2. The molecule has 1 aliphatic rings. The quantitative estimate of drug-likeness (QED) is 0.104. The standard InChI is InChI=1S/C35H33ClN6O10/c1-17-8-9-23(36)24(12-17)38-31(46)27(28(44)35(2,3)4)51-21-7-5-6-18(14-21)30(45)37-11-10-25-39-29-26(43)32(41-42(29)40-25)52-22-15-19(33(47)48)13-20(16-22)34(49)50/h5-9,12-16,27,33,47-48H,10-11H2,1-4H3,(H,37,45)(H,38,46)(H,49,50). The van der Waals surface area contributed by atoms with Gasteiger partial charge in [0, 0.05) is 29.5 Å². The summed E-state index contributed by atoms with van der Waals surface area (Å²) in [4.78, 5) is 69.0. The molecule has 2 heterocycles. The molecule has 4 aromatic rings. The largest absolute Gasteiger partial charge is 0.478 e. The number of nitrogens with zero attached hydrogens (tertiary/aromatic N) is 4. The highest BCUT2D eigenvalue weighted by Crippen LogP contribution is 2.27. The van der Waals surface area contributed by atoms with Crippen molar-refractivity contribution < 1.29 is 48.8 Å². The molecule has 5 N–H and O–H groups in total. The summed E-state index contributed by atoms with van der Waals surface area (Å²) < 4.78 is 11.3. The Kier molecular flexibility index (Phi) is 10.8. The molecule has 52 heavy (non-hydrogen) atoms. The molecule has 1 unspecified atom stereocenters. The molecule has 1 atom stereocenters. The number of hydrogen-bond acceptors (Lipinski definition) is 12. The van der Waals surface area contributed by atoms with E-state index in [1.54, 1.807) is 39.0 Å². The molecule has 0 aliphatic carbocycles. The van der Waals surface area contributed by atoms with E-state index in [0.29, 0.717) is 5.69 Å². The second-order valence-corrected chi connectivity index (χ2v) is 13.1. The van der Waals surface area contributed by atoms with Crippen molar-refractivity contribution in [1.29, 1.82) is 0 Å². The van der Waals surface area contributed by atoms with E-state index in [0.717, 1.165) is 28.6 Å². The minimum absolute atomic E-state index is 0.0493. The van der Waals surface area contributed by atoms with Gasteiger partial charge in [0.2, 0.25) is 11.9 Å². The highest BCUT2D eigenvalue weighted by Gasteiger charge is 2.37. The fourth-order valence-corrected chi connectivity index (χ4v) is 4.98. The van der Waals surface area contributed by atoms with Crippen molar-refractivity contribution in [2.75, 3.05) is 11.9 Å². The van der Waals surface area contributed by atoms with E-state index in [-0.39, 0.29) is 57.8 Å². The lowest BCUT2D eigenvalue weighted by Crippen LogP contribution is -2.45. The van der Waals surface area contributed by atoms with Crippen LogP contribution in [-0.2, 0) is 16.0 Å². The highest BCUT2D eigenvalue weighted by molar-refractivity contribution is 6.43. The number of aromatic carboxylic acids is 1. The molecule has 0 bridgehead atoms. The number of carbonyl (C=O) groups is 5. The van der Waals surface area contributed by atoms with Crippen molar-refractivity contribution in [2.24, 2.45) is 10.5 Å². The number of aryl methyl sites for hydroxylation is 1. The predicted molar refractivity (Wildman–Crippen MR) is 185 cm³/mol. The molecule has 16 nitrogen and oxygen atoms in total. The summed E-state index contributed by atoms with van der Waals surface area (Å²) in [5, 5.41) is 42.0. The zero-order valence-corrected chi connectivity index (χ0v) is 29.0. The molecular weight excluding hydrogens is 700 g/mol. The van der Waals surface area contributed by atoms with Crippen molar-refractivity contribution in [3.05, 3.63) is 99.6 Å². The second kappa shape index (κ2) is 15.1. The zero-order chi connectivity index (χ0) is 37.9. The van der Waals surface area contributed by atoms with Gasteiger partial charge >= 0.3 is 5.97 Å². The van der Waals surface area contributed by atoms with Crippen molar-refractivity contribution in [2.45, 2.75) is 46.5 Å². The number of carboxylic acids is 1. The van der Waals surface area contributed by atoms with Crippen molar-refractivity contribution in [1.82, 2.24) is 20.2 Å². The summed E-state index contributed by atoms with van der Waals surface area (Å²) in [6, 6.07) is 14.3. The Morgan fingerprint density at radius 1 is 0.981 bits per heavy atom. The molecular formula is C35H33ClN6O10. The SMILES string of the molecule is Cc1ccc(Cl)c(NC(=O)C(Oc2cccc(C(=O)NCCc3nc4n(n3)N=C(Oc3cc(C(=O)O)cc(C(O)O)c3)C4=O)c2)C(=O)C(C)(C)C)c1.